The highest BCUT2D eigenvalue weighted by molar-refractivity contribution is 5.85. The quantitative estimate of drug-likeness (QED) is 0.460. The maximum absolute atomic E-state index is 12.6. The lowest BCUT2D eigenvalue weighted by Gasteiger charge is -2.25. The van der Waals surface area contributed by atoms with Gasteiger partial charge in [0.1, 0.15) is 18.2 Å². The number of ketones is 2. The van der Waals surface area contributed by atoms with E-state index in [-0.39, 0.29) is 49.0 Å². The third-order valence-electron chi connectivity index (χ3n) is 5.11. The highest BCUT2D eigenvalue weighted by Gasteiger charge is 2.30. The third-order valence-corrected chi connectivity index (χ3v) is 5.11. The number of hydrogen-bond acceptors (Lipinski definition) is 5. The zero-order valence-corrected chi connectivity index (χ0v) is 17.8. The molecule has 2 unspecified atom stereocenters. The normalized spacial score (nSPS) is 18.4. The summed E-state index contributed by atoms with van der Waals surface area (Å²) in [5.41, 5.74) is 0.942. The molecule has 1 aliphatic heterocycles. The van der Waals surface area contributed by atoms with Crippen LogP contribution in [0.3, 0.4) is 0 Å². The van der Waals surface area contributed by atoms with E-state index in [0.717, 1.165) is 24.9 Å². The van der Waals surface area contributed by atoms with Crippen molar-refractivity contribution in [2.75, 3.05) is 13.1 Å². The highest BCUT2D eigenvalue weighted by atomic mass is 16.5. The molecule has 1 heterocycles. The second-order valence-electron chi connectivity index (χ2n) is 8.15. The van der Waals surface area contributed by atoms with Crippen molar-refractivity contribution in [2.45, 2.75) is 77.9 Å². The summed E-state index contributed by atoms with van der Waals surface area (Å²) in [5, 5.41) is 0. The average molecular weight is 403 g/mol. The maximum Gasteiger partial charge on any atom is 0.306 e. The van der Waals surface area contributed by atoms with Gasteiger partial charge in [0.15, 0.2) is 0 Å². The Labute approximate surface area is 176 Å². The number of esters is 1. The van der Waals surface area contributed by atoms with Crippen LogP contribution in [-0.2, 0) is 25.7 Å². The molecular weight excluding hydrogens is 366 g/mol. The SMILES string of the molecule is [2H]C(C(C)C)N1CCCC1C(=O)CCCC(=O)CCCC(=O)OCc1ccccc1. The maximum atomic E-state index is 12.6. The van der Waals surface area contributed by atoms with E-state index in [0.29, 0.717) is 32.1 Å². The van der Waals surface area contributed by atoms with E-state index >= 15 is 0 Å². The van der Waals surface area contributed by atoms with Gasteiger partial charge in [-0.05, 0) is 43.7 Å². The Hall–Kier alpha value is -2.01. The van der Waals surface area contributed by atoms with Crippen LogP contribution in [0, 0.1) is 5.92 Å². The molecule has 0 radical (unpaired) electrons. The first kappa shape index (κ1) is 21.7. The van der Waals surface area contributed by atoms with Crippen LogP contribution in [0.15, 0.2) is 30.3 Å². The summed E-state index contributed by atoms with van der Waals surface area (Å²) in [4.78, 5) is 38.4. The minimum atomic E-state index is -0.343. The number of Topliss-reactive ketones (excluding diaryl/α,β-unsaturated/α-hetero) is 2. The van der Waals surface area contributed by atoms with Crippen LogP contribution in [0.2, 0.25) is 0 Å². The van der Waals surface area contributed by atoms with Crippen molar-refractivity contribution in [3.05, 3.63) is 35.9 Å². The molecule has 5 nitrogen and oxygen atoms in total. The number of ether oxygens (including phenoxy) is 1. The summed E-state index contributed by atoms with van der Waals surface area (Å²) in [6.07, 6.45) is 4.12. The fraction of sp³-hybridized carbons (Fsp3) is 0.625. The molecule has 1 fully saturated rings. The summed E-state index contributed by atoms with van der Waals surface area (Å²) in [5.74, 6) is 0.141. The van der Waals surface area contributed by atoms with E-state index in [4.69, 9.17) is 6.11 Å². The number of hydrogen-bond donors (Lipinski definition) is 0. The summed E-state index contributed by atoms with van der Waals surface area (Å²) in [6, 6.07) is 9.33. The largest absolute Gasteiger partial charge is 0.461 e. The molecule has 1 aromatic rings. The number of rotatable bonds is 13. The summed E-state index contributed by atoms with van der Waals surface area (Å²) >= 11 is 0. The molecule has 160 valence electrons. The minimum absolute atomic E-state index is 0.0856. The van der Waals surface area contributed by atoms with Crippen LogP contribution < -0.4 is 0 Å². The first-order chi connectivity index (χ1) is 14.4. The highest BCUT2D eigenvalue weighted by Crippen LogP contribution is 2.21. The van der Waals surface area contributed by atoms with Crippen molar-refractivity contribution in [1.82, 2.24) is 4.90 Å². The van der Waals surface area contributed by atoms with Crippen molar-refractivity contribution in [2.24, 2.45) is 5.92 Å². The molecule has 0 aromatic heterocycles. The number of carbonyl (C=O) groups excluding carboxylic acids is 3. The lowest BCUT2D eigenvalue weighted by Crippen LogP contribution is -2.38. The van der Waals surface area contributed by atoms with Crippen LogP contribution >= 0.6 is 0 Å². The molecular formula is C24H35NO4. The van der Waals surface area contributed by atoms with Gasteiger partial charge in [0.2, 0.25) is 0 Å². The van der Waals surface area contributed by atoms with E-state index in [9.17, 15) is 14.4 Å². The number of carbonyl (C=O) groups is 3. The predicted molar refractivity (Wildman–Crippen MR) is 113 cm³/mol. The van der Waals surface area contributed by atoms with Gasteiger partial charge in [-0.3, -0.25) is 19.3 Å². The van der Waals surface area contributed by atoms with Crippen molar-refractivity contribution in [1.29, 1.82) is 0 Å². The number of nitrogens with zero attached hydrogens (tertiary/aromatic N) is 1. The van der Waals surface area contributed by atoms with E-state index in [1.165, 1.54) is 0 Å². The molecule has 2 atom stereocenters. The Kier molecular flexibility index (Phi) is 9.37. The lowest BCUT2D eigenvalue weighted by molar-refractivity contribution is -0.145. The van der Waals surface area contributed by atoms with E-state index in [1.54, 1.807) is 0 Å². The second-order valence-corrected chi connectivity index (χ2v) is 8.15. The Morgan fingerprint density at radius 3 is 2.48 bits per heavy atom. The van der Waals surface area contributed by atoms with Gasteiger partial charge in [0.25, 0.3) is 0 Å². The van der Waals surface area contributed by atoms with Crippen molar-refractivity contribution in [3.63, 3.8) is 0 Å². The molecule has 2 rings (SSSR count). The molecule has 0 N–H and O–H groups in total. The molecule has 0 saturated carbocycles. The summed E-state index contributed by atoms with van der Waals surface area (Å²) < 4.78 is 13.5. The van der Waals surface area contributed by atoms with Gasteiger partial charge in [-0.1, -0.05) is 44.2 Å². The van der Waals surface area contributed by atoms with E-state index in [2.05, 4.69) is 0 Å². The molecule has 0 amide bonds. The molecule has 29 heavy (non-hydrogen) atoms. The van der Waals surface area contributed by atoms with Gasteiger partial charge < -0.3 is 4.74 Å². The van der Waals surface area contributed by atoms with Crippen LogP contribution in [0.1, 0.15) is 72.1 Å². The van der Waals surface area contributed by atoms with Gasteiger partial charge in [0.05, 0.1) is 6.04 Å². The van der Waals surface area contributed by atoms with Gasteiger partial charge in [0, 0.05) is 33.6 Å². The standard InChI is InChI=1S/C24H35NO4/c1-19(2)17-25-16-8-13-22(25)23(27)14-6-11-21(26)12-7-15-24(28)29-18-20-9-4-3-5-10-20/h3-5,9-10,19,22H,6-8,11-18H2,1-2H3/i17D. The topological polar surface area (TPSA) is 63.7 Å². The predicted octanol–water partition coefficient (Wildman–Crippen LogP) is 4.33. The summed E-state index contributed by atoms with van der Waals surface area (Å²) in [7, 11) is 0. The van der Waals surface area contributed by atoms with Crippen LogP contribution in [0.25, 0.3) is 0 Å². The van der Waals surface area contributed by atoms with E-state index < -0.39 is 0 Å². The average Bonchev–Trinajstić information content (AvgIpc) is 3.22. The monoisotopic (exact) mass is 402 g/mol. The zero-order chi connectivity index (χ0) is 21.9. The lowest BCUT2D eigenvalue weighted by atomic mass is 10.0. The van der Waals surface area contributed by atoms with Crippen LogP contribution in [0.5, 0.6) is 0 Å². The first-order valence-corrected chi connectivity index (χ1v) is 10.8. The van der Waals surface area contributed by atoms with Crippen LogP contribution in [-0.4, -0.2) is 41.5 Å². The molecule has 0 aliphatic carbocycles. The zero-order valence-electron chi connectivity index (χ0n) is 18.8. The van der Waals surface area contributed by atoms with Crippen molar-refractivity contribution >= 4 is 17.5 Å². The molecule has 5 heteroatoms. The summed E-state index contributed by atoms with van der Waals surface area (Å²) in [6.45, 7) is 4.73. The van der Waals surface area contributed by atoms with Gasteiger partial charge >= 0.3 is 5.97 Å². The molecule has 1 aromatic carbocycles. The Balaban J connectivity index is 1.58. The number of likely N-dealkylation sites (tertiary alicyclic amines) is 1. The first-order valence-electron chi connectivity index (χ1n) is 11.4. The third kappa shape index (κ3) is 8.90. The Bertz CT molecular complexity index is 692. The van der Waals surface area contributed by atoms with Gasteiger partial charge in [-0.25, -0.2) is 0 Å². The smallest absolute Gasteiger partial charge is 0.306 e. The molecule has 1 aliphatic rings. The fourth-order valence-electron chi connectivity index (χ4n) is 3.69. The molecule has 0 spiro atoms. The van der Waals surface area contributed by atoms with Crippen LogP contribution in [0.4, 0.5) is 0 Å². The van der Waals surface area contributed by atoms with E-state index in [1.807, 2.05) is 49.1 Å². The van der Waals surface area contributed by atoms with Gasteiger partial charge in [-0.2, -0.15) is 0 Å². The molecule has 1 saturated heterocycles. The Morgan fingerprint density at radius 2 is 1.79 bits per heavy atom. The minimum Gasteiger partial charge on any atom is -0.461 e. The van der Waals surface area contributed by atoms with Gasteiger partial charge in [-0.15, -0.1) is 0 Å². The number of benzene rings is 1. The molecule has 0 bridgehead atoms. The second kappa shape index (κ2) is 12.5. The van der Waals surface area contributed by atoms with Crippen molar-refractivity contribution < 1.29 is 20.5 Å². The van der Waals surface area contributed by atoms with Crippen molar-refractivity contribution in [3.8, 4) is 0 Å². The fourth-order valence-corrected chi connectivity index (χ4v) is 3.69. The Morgan fingerprint density at radius 1 is 1.10 bits per heavy atom.